The van der Waals surface area contributed by atoms with Crippen molar-refractivity contribution in [3.63, 3.8) is 0 Å². The highest BCUT2D eigenvalue weighted by molar-refractivity contribution is 6.31. The Bertz CT molecular complexity index is 894. The molecule has 1 heterocycles. The van der Waals surface area contributed by atoms with E-state index >= 15 is 0 Å². The summed E-state index contributed by atoms with van der Waals surface area (Å²) in [5, 5.41) is 3.14. The van der Waals surface area contributed by atoms with Crippen LogP contribution in [-0.4, -0.2) is 28.7 Å². The molecule has 0 spiro atoms. The number of carbonyl (C=O) groups is 3. The molecule has 0 saturated carbocycles. The van der Waals surface area contributed by atoms with Gasteiger partial charge >= 0.3 is 6.03 Å². The number of nitrogens with zero attached hydrogens (tertiary/aromatic N) is 1. The monoisotopic (exact) mass is 370 g/mol. The van der Waals surface area contributed by atoms with E-state index in [9.17, 15) is 14.4 Å². The van der Waals surface area contributed by atoms with Crippen molar-refractivity contribution < 1.29 is 14.4 Å². The quantitative estimate of drug-likeness (QED) is 0.659. The highest BCUT2D eigenvalue weighted by Crippen LogP contribution is 2.31. The summed E-state index contributed by atoms with van der Waals surface area (Å²) < 4.78 is 0. The van der Waals surface area contributed by atoms with Gasteiger partial charge in [0, 0.05) is 10.6 Å². The number of urea groups is 1. The average Bonchev–Trinajstić information content (AvgIpc) is 2.84. The average molecular weight is 371 g/mol. The molecule has 0 radical (unpaired) electrons. The van der Waals surface area contributed by atoms with E-state index in [4.69, 9.17) is 11.6 Å². The summed E-state index contributed by atoms with van der Waals surface area (Å²) >= 11 is 5.94. The van der Waals surface area contributed by atoms with Crippen LogP contribution in [0.25, 0.3) is 0 Å². The van der Waals surface area contributed by atoms with E-state index in [2.05, 4.69) is 5.32 Å². The number of ketones is 1. The maximum atomic E-state index is 13.0. The van der Waals surface area contributed by atoms with E-state index in [0.717, 1.165) is 10.5 Å². The fourth-order valence-electron chi connectivity index (χ4n) is 3.10. The van der Waals surface area contributed by atoms with Crippen LogP contribution in [0.3, 0.4) is 0 Å². The lowest BCUT2D eigenvalue weighted by atomic mass is 9.91. The van der Waals surface area contributed by atoms with Gasteiger partial charge in [0.1, 0.15) is 11.6 Å². The molecule has 2 atom stereocenters. The van der Waals surface area contributed by atoms with Crippen LogP contribution in [-0.2, 0) is 10.3 Å². The molecule has 3 rings (SSSR count). The predicted molar refractivity (Wildman–Crippen MR) is 99.2 cm³/mol. The minimum absolute atomic E-state index is 0.343. The second kappa shape index (κ2) is 6.57. The molecule has 134 valence electrons. The van der Waals surface area contributed by atoms with Crippen molar-refractivity contribution in [2.45, 2.75) is 32.4 Å². The lowest BCUT2D eigenvalue weighted by Gasteiger charge is -2.24. The molecule has 6 heteroatoms. The molecule has 1 fully saturated rings. The predicted octanol–water partition coefficient (Wildman–Crippen LogP) is 3.69. The van der Waals surface area contributed by atoms with Crippen LogP contribution in [0.5, 0.6) is 0 Å². The molecular formula is C20H19ClN2O3. The zero-order chi connectivity index (χ0) is 19.1. The van der Waals surface area contributed by atoms with Crippen LogP contribution in [0.2, 0.25) is 5.02 Å². The van der Waals surface area contributed by atoms with Crippen LogP contribution in [0.15, 0.2) is 48.5 Å². The van der Waals surface area contributed by atoms with Gasteiger partial charge in [-0.15, -0.1) is 0 Å². The van der Waals surface area contributed by atoms with Crippen LogP contribution >= 0.6 is 11.6 Å². The number of imide groups is 1. The first-order valence-electron chi connectivity index (χ1n) is 8.27. The molecule has 0 aliphatic carbocycles. The third-order valence-electron chi connectivity index (χ3n) is 4.73. The van der Waals surface area contributed by atoms with Gasteiger partial charge in [0.05, 0.1) is 0 Å². The van der Waals surface area contributed by atoms with Gasteiger partial charge in [-0.3, -0.25) is 14.5 Å². The van der Waals surface area contributed by atoms with Crippen LogP contribution in [0.4, 0.5) is 4.79 Å². The fraction of sp³-hybridized carbons (Fsp3) is 0.250. The SMILES string of the molecule is Cc1ccc([C@]2(C)NC(=O)N([C@@H](C)C(=O)c3cccc(Cl)c3)C2=O)cc1. The lowest BCUT2D eigenvalue weighted by Crippen LogP contribution is -2.45. The summed E-state index contributed by atoms with van der Waals surface area (Å²) in [7, 11) is 0. The van der Waals surface area contributed by atoms with Gasteiger partial charge in [-0.05, 0) is 38.5 Å². The number of halogens is 1. The summed E-state index contributed by atoms with van der Waals surface area (Å²) in [6.45, 7) is 5.13. The molecule has 1 N–H and O–H groups in total. The Morgan fingerprint density at radius 1 is 1.15 bits per heavy atom. The van der Waals surface area contributed by atoms with E-state index in [1.54, 1.807) is 44.2 Å². The third-order valence-corrected chi connectivity index (χ3v) is 4.96. The number of carbonyl (C=O) groups excluding carboxylic acids is 3. The van der Waals surface area contributed by atoms with Crippen LogP contribution in [0, 0.1) is 6.92 Å². The van der Waals surface area contributed by atoms with Gasteiger partial charge in [0.15, 0.2) is 5.78 Å². The minimum Gasteiger partial charge on any atom is -0.319 e. The fourth-order valence-corrected chi connectivity index (χ4v) is 3.29. The minimum atomic E-state index is -1.20. The van der Waals surface area contributed by atoms with Gasteiger partial charge in [-0.2, -0.15) is 0 Å². The molecule has 2 aromatic rings. The molecular weight excluding hydrogens is 352 g/mol. The Labute approximate surface area is 156 Å². The van der Waals surface area contributed by atoms with Gasteiger partial charge in [0.25, 0.3) is 5.91 Å². The molecule has 1 saturated heterocycles. The first-order chi connectivity index (χ1) is 12.2. The maximum absolute atomic E-state index is 13.0. The summed E-state index contributed by atoms with van der Waals surface area (Å²) in [6, 6.07) is 12.3. The van der Waals surface area contributed by atoms with Crippen molar-refractivity contribution in [1.29, 1.82) is 0 Å². The smallest absolute Gasteiger partial charge is 0.319 e. The van der Waals surface area contributed by atoms with Gasteiger partial charge in [-0.1, -0.05) is 53.6 Å². The number of hydrogen-bond donors (Lipinski definition) is 1. The van der Waals surface area contributed by atoms with Crippen molar-refractivity contribution in [1.82, 2.24) is 10.2 Å². The highest BCUT2D eigenvalue weighted by Gasteiger charge is 2.51. The molecule has 3 amide bonds. The number of Topliss-reactive ketones (excluding diaryl/α,β-unsaturated/α-hetero) is 1. The summed E-state index contributed by atoms with van der Waals surface area (Å²) in [4.78, 5) is 39.3. The second-order valence-corrected chi connectivity index (χ2v) is 7.08. The van der Waals surface area contributed by atoms with E-state index in [1.165, 1.54) is 6.07 Å². The van der Waals surface area contributed by atoms with Crippen molar-refractivity contribution in [3.8, 4) is 0 Å². The lowest BCUT2D eigenvalue weighted by molar-refractivity contribution is -0.131. The molecule has 26 heavy (non-hydrogen) atoms. The largest absolute Gasteiger partial charge is 0.325 e. The number of benzene rings is 2. The highest BCUT2D eigenvalue weighted by atomic mass is 35.5. The molecule has 0 bridgehead atoms. The Balaban J connectivity index is 1.91. The molecule has 2 aromatic carbocycles. The first-order valence-corrected chi connectivity index (χ1v) is 8.64. The number of amides is 3. The van der Waals surface area contributed by atoms with E-state index in [-0.39, 0.29) is 5.78 Å². The van der Waals surface area contributed by atoms with E-state index in [0.29, 0.717) is 16.1 Å². The molecule has 5 nitrogen and oxygen atoms in total. The van der Waals surface area contributed by atoms with Crippen molar-refractivity contribution in [2.24, 2.45) is 0 Å². The second-order valence-electron chi connectivity index (χ2n) is 6.65. The number of hydrogen-bond acceptors (Lipinski definition) is 3. The standard InChI is InChI=1S/C20H19ClN2O3/c1-12-7-9-15(10-8-12)20(3)18(25)23(19(26)22-20)13(2)17(24)14-5-4-6-16(21)11-14/h4-11,13H,1-3H3,(H,22,26)/t13-,20-/m0/s1. The zero-order valence-corrected chi connectivity index (χ0v) is 15.5. The normalized spacial score (nSPS) is 20.8. The van der Waals surface area contributed by atoms with Gasteiger partial charge in [-0.25, -0.2) is 4.79 Å². The molecule has 1 aliphatic rings. The van der Waals surface area contributed by atoms with Crippen molar-refractivity contribution in [3.05, 3.63) is 70.2 Å². The zero-order valence-electron chi connectivity index (χ0n) is 14.7. The maximum Gasteiger partial charge on any atom is 0.325 e. The number of aryl methyl sites for hydroxylation is 1. The molecule has 0 unspecified atom stereocenters. The Morgan fingerprint density at radius 3 is 2.42 bits per heavy atom. The summed E-state index contributed by atoms with van der Waals surface area (Å²) in [6.07, 6.45) is 0. The Kier molecular flexibility index (Phi) is 4.59. The number of nitrogens with one attached hydrogen (secondary N) is 1. The molecule has 0 aromatic heterocycles. The summed E-state index contributed by atoms with van der Waals surface area (Å²) in [5.41, 5.74) is 0.879. The Hall–Kier alpha value is -2.66. The number of rotatable bonds is 4. The van der Waals surface area contributed by atoms with Crippen LogP contribution in [0.1, 0.15) is 35.3 Å². The summed E-state index contributed by atoms with van der Waals surface area (Å²) in [5.74, 6) is -0.793. The third kappa shape index (κ3) is 2.99. The Morgan fingerprint density at radius 2 is 1.81 bits per heavy atom. The van der Waals surface area contributed by atoms with Crippen molar-refractivity contribution in [2.75, 3.05) is 0 Å². The van der Waals surface area contributed by atoms with E-state index < -0.39 is 23.5 Å². The van der Waals surface area contributed by atoms with Gasteiger partial charge < -0.3 is 5.32 Å². The van der Waals surface area contributed by atoms with Crippen LogP contribution < -0.4 is 5.32 Å². The topological polar surface area (TPSA) is 66.5 Å². The first kappa shape index (κ1) is 18.1. The van der Waals surface area contributed by atoms with Crippen molar-refractivity contribution >= 4 is 29.3 Å². The van der Waals surface area contributed by atoms with E-state index in [1.807, 2.05) is 19.1 Å². The molecule has 1 aliphatic heterocycles. The van der Waals surface area contributed by atoms with Gasteiger partial charge in [0.2, 0.25) is 0 Å².